The molecule has 11 heteroatoms. The lowest BCUT2D eigenvalue weighted by Crippen LogP contribution is -2.41. The third kappa shape index (κ3) is 13.0. The van der Waals surface area contributed by atoms with Crippen molar-refractivity contribution in [2.75, 3.05) is 33.5 Å². The van der Waals surface area contributed by atoms with Crippen LogP contribution in [0, 0.1) is 11.8 Å². The summed E-state index contributed by atoms with van der Waals surface area (Å²) in [5.74, 6) is -0.497. The first kappa shape index (κ1) is 34.1. The minimum atomic E-state index is -0.964. The first-order chi connectivity index (χ1) is 20.1. The third-order valence-corrected chi connectivity index (χ3v) is 5.89. The molecule has 0 radical (unpaired) electrons. The molecule has 0 heterocycles. The molecule has 2 aromatic carbocycles. The van der Waals surface area contributed by atoms with Gasteiger partial charge in [-0.15, -0.1) is 0 Å². The fraction of sp³-hybridized carbons (Fsp3) is 0.484. The lowest BCUT2D eigenvalue weighted by molar-refractivity contribution is -0.143. The molecule has 0 aliphatic carbocycles. The molecule has 0 bridgehead atoms. The van der Waals surface area contributed by atoms with E-state index >= 15 is 0 Å². The van der Waals surface area contributed by atoms with Crippen molar-refractivity contribution in [3.8, 4) is 11.5 Å². The maximum atomic E-state index is 12.5. The fourth-order valence-electron chi connectivity index (χ4n) is 3.49. The SMILES string of the molecule is COC(=O)[C@H](Cc1ccc(OC(=O)OCCC(C)C)c(OC(=O)OCCC(C)C)c1)NCCOC(=O)c1ccccc1. The van der Waals surface area contributed by atoms with E-state index < -0.39 is 30.3 Å². The second-order valence-corrected chi connectivity index (χ2v) is 10.3. The maximum absolute atomic E-state index is 12.5. The highest BCUT2D eigenvalue weighted by molar-refractivity contribution is 5.89. The Morgan fingerprint density at radius 1 is 0.738 bits per heavy atom. The molecule has 0 aliphatic heterocycles. The molecule has 0 fully saturated rings. The van der Waals surface area contributed by atoms with E-state index in [9.17, 15) is 19.2 Å². The van der Waals surface area contributed by atoms with Gasteiger partial charge in [-0.3, -0.25) is 4.79 Å². The van der Waals surface area contributed by atoms with E-state index in [1.165, 1.54) is 19.2 Å². The molecule has 2 rings (SSSR count). The van der Waals surface area contributed by atoms with Crippen LogP contribution in [0.5, 0.6) is 11.5 Å². The summed E-state index contributed by atoms with van der Waals surface area (Å²) in [5, 5.41) is 3.01. The van der Waals surface area contributed by atoms with Gasteiger partial charge in [0.25, 0.3) is 0 Å². The van der Waals surface area contributed by atoms with Crippen LogP contribution in [0.4, 0.5) is 9.59 Å². The van der Waals surface area contributed by atoms with E-state index in [4.69, 9.17) is 28.4 Å². The van der Waals surface area contributed by atoms with Crippen LogP contribution in [0.3, 0.4) is 0 Å². The van der Waals surface area contributed by atoms with Gasteiger partial charge in [-0.05, 0) is 60.9 Å². The number of carbonyl (C=O) groups is 4. The van der Waals surface area contributed by atoms with Crippen molar-refractivity contribution in [3.05, 3.63) is 59.7 Å². The summed E-state index contributed by atoms with van der Waals surface area (Å²) in [4.78, 5) is 49.2. The zero-order valence-electron chi connectivity index (χ0n) is 24.9. The van der Waals surface area contributed by atoms with Gasteiger partial charge in [0.1, 0.15) is 12.6 Å². The summed E-state index contributed by atoms with van der Waals surface area (Å²) in [5.41, 5.74) is 0.980. The number of carbonyl (C=O) groups excluding carboxylic acids is 4. The summed E-state index contributed by atoms with van der Waals surface area (Å²) in [7, 11) is 1.26. The summed E-state index contributed by atoms with van der Waals surface area (Å²) in [6.07, 6.45) is -0.480. The summed E-state index contributed by atoms with van der Waals surface area (Å²) >= 11 is 0. The molecule has 0 unspecified atom stereocenters. The van der Waals surface area contributed by atoms with E-state index in [2.05, 4.69) is 5.32 Å². The fourth-order valence-corrected chi connectivity index (χ4v) is 3.49. The number of benzene rings is 2. The quantitative estimate of drug-likeness (QED) is 0.118. The minimum absolute atomic E-state index is 0.0174. The van der Waals surface area contributed by atoms with Gasteiger partial charge in [-0.1, -0.05) is 52.0 Å². The van der Waals surface area contributed by atoms with Crippen molar-refractivity contribution in [2.45, 2.75) is 53.0 Å². The molecule has 0 aromatic heterocycles. The molecular weight excluding hydrogens is 546 g/mol. The Hall–Kier alpha value is -4.12. The third-order valence-electron chi connectivity index (χ3n) is 5.89. The summed E-state index contributed by atoms with van der Waals surface area (Å²) in [6, 6.07) is 12.2. The van der Waals surface area contributed by atoms with Gasteiger partial charge >= 0.3 is 24.2 Å². The number of nitrogens with one attached hydrogen (secondary N) is 1. The first-order valence-electron chi connectivity index (χ1n) is 13.9. The molecule has 0 saturated heterocycles. The Bertz CT molecular complexity index is 1150. The van der Waals surface area contributed by atoms with Crippen LogP contribution in [0.15, 0.2) is 48.5 Å². The normalized spacial score (nSPS) is 11.5. The highest BCUT2D eigenvalue weighted by atomic mass is 16.7. The van der Waals surface area contributed by atoms with Crippen LogP contribution >= 0.6 is 0 Å². The topological polar surface area (TPSA) is 136 Å². The van der Waals surface area contributed by atoms with Crippen molar-refractivity contribution >= 4 is 24.2 Å². The smallest absolute Gasteiger partial charge is 0.468 e. The number of hydrogen-bond acceptors (Lipinski definition) is 11. The molecule has 1 atom stereocenters. The number of ether oxygens (including phenoxy) is 6. The van der Waals surface area contributed by atoms with Gasteiger partial charge in [0.15, 0.2) is 11.5 Å². The molecule has 11 nitrogen and oxygen atoms in total. The van der Waals surface area contributed by atoms with Gasteiger partial charge in [0, 0.05) is 6.54 Å². The van der Waals surface area contributed by atoms with Crippen molar-refractivity contribution in [2.24, 2.45) is 11.8 Å². The highest BCUT2D eigenvalue weighted by Gasteiger charge is 2.22. The molecule has 2 aromatic rings. The van der Waals surface area contributed by atoms with Gasteiger partial charge in [0.2, 0.25) is 0 Å². The molecule has 230 valence electrons. The molecule has 0 aliphatic rings. The lowest BCUT2D eigenvalue weighted by Gasteiger charge is -2.18. The monoisotopic (exact) mass is 587 g/mol. The van der Waals surface area contributed by atoms with Crippen LogP contribution in [0.25, 0.3) is 0 Å². The van der Waals surface area contributed by atoms with E-state index in [1.807, 2.05) is 27.7 Å². The predicted octanol–water partition coefficient (Wildman–Crippen LogP) is 5.34. The standard InChI is InChI=1S/C31H41NO10/c1-21(2)13-16-39-30(35)41-26-12-11-23(20-27(26)42-31(36)40-17-14-22(3)4)19-25(29(34)37-5)32-15-18-38-28(33)24-9-7-6-8-10-24/h6-12,20-22,25,32H,13-19H2,1-5H3/t25-/m0/s1. The van der Waals surface area contributed by atoms with E-state index in [1.54, 1.807) is 36.4 Å². The van der Waals surface area contributed by atoms with Crippen molar-refractivity contribution in [1.82, 2.24) is 5.32 Å². The predicted molar refractivity (Wildman–Crippen MR) is 154 cm³/mol. The number of hydrogen-bond donors (Lipinski definition) is 1. The average Bonchev–Trinajstić information content (AvgIpc) is 2.95. The van der Waals surface area contributed by atoms with Crippen molar-refractivity contribution in [1.29, 1.82) is 0 Å². The molecule has 1 N–H and O–H groups in total. The molecule has 0 saturated carbocycles. The second kappa shape index (κ2) is 18.3. The molecule has 0 spiro atoms. The van der Waals surface area contributed by atoms with Crippen LogP contribution < -0.4 is 14.8 Å². The zero-order chi connectivity index (χ0) is 30.9. The van der Waals surface area contributed by atoms with E-state index in [-0.39, 0.29) is 44.3 Å². The van der Waals surface area contributed by atoms with Gasteiger partial charge in [0.05, 0.1) is 25.9 Å². The summed E-state index contributed by atoms with van der Waals surface area (Å²) < 4.78 is 31.1. The largest absolute Gasteiger partial charge is 0.513 e. The molecular formula is C31H41NO10. The van der Waals surface area contributed by atoms with Crippen molar-refractivity contribution < 1.29 is 47.6 Å². The van der Waals surface area contributed by atoms with Crippen LogP contribution in [-0.2, 0) is 30.2 Å². The number of rotatable bonds is 16. The van der Waals surface area contributed by atoms with E-state index in [0.29, 0.717) is 35.8 Å². The molecule has 0 amide bonds. The zero-order valence-corrected chi connectivity index (χ0v) is 24.9. The first-order valence-corrected chi connectivity index (χ1v) is 13.9. The van der Waals surface area contributed by atoms with E-state index in [0.717, 1.165) is 0 Å². The average molecular weight is 588 g/mol. The molecule has 42 heavy (non-hydrogen) atoms. The van der Waals surface area contributed by atoms with Crippen molar-refractivity contribution in [3.63, 3.8) is 0 Å². The Labute approximate surface area is 246 Å². The second-order valence-electron chi connectivity index (χ2n) is 10.3. The highest BCUT2D eigenvalue weighted by Crippen LogP contribution is 2.30. The Morgan fingerprint density at radius 2 is 1.33 bits per heavy atom. The van der Waals surface area contributed by atoms with Gasteiger partial charge in [-0.2, -0.15) is 0 Å². The summed E-state index contributed by atoms with van der Waals surface area (Å²) in [6.45, 7) is 8.51. The van der Waals surface area contributed by atoms with Crippen LogP contribution in [0.1, 0.15) is 56.5 Å². The number of methoxy groups -OCH3 is 1. The van der Waals surface area contributed by atoms with Crippen LogP contribution in [0.2, 0.25) is 0 Å². The lowest BCUT2D eigenvalue weighted by atomic mass is 10.1. The van der Waals surface area contributed by atoms with Gasteiger partial charge < -0.3 is 33.7 Å². The Balaban J connectivity index is 2.09. The minimum Gasteiger partial charge on any atom is -0.468 e. The Morgan fingerprint density at radius 3 is 1.90 bits per heavy atom. The Kier molecular flexibility index (Phi) is 14.9. The van der Waals surface area contributed by atoms with Gasteiger partial charge in [-0.25, -0.2) is 14.4 Å². The number of esters is 2. The van der Waals surface area contributed by atoms with Crippen LogP contribution in [-0.4, -0.2) is 63.8 Å². The maximum Gasteiger partial charge on any atom is 0.513 e.